The van der Waals surface area contributed by atoms with Gasteiger partial charge in [0.05, 0.1) is 0 Å². The van der Waals surface area contributed by atoms with Crippen LogP contribution < -0.4 is 0 Å². The molecule has 3 nitrogen and oxygen atoms in total. The van der Waals surface area contributed by atoms with Gasteiger partial charge in [-0.1, -0.05) is 55.1 Å². The molecule has 0 heterocycles. The average Bonchev–Trinajstić information content (AvgIpc) is 3.08. The highest BCUT2D eigenvalue weighted by Gasteiger charge is 2.19. The quantitative estimate of drug-likeness (QED) is 0.265. The summed E-state index contributed by atoms with van der Waals surface area (Å²) < 4.78 is 23.9. The van der Waals surface area contributed by atoms with Crippen LogP contribution >= 0.6 is 0 Å². The molecule has 0 amide bonds. The number of rotatable bonds is 5. The van der Waals surface area contributed by atoms with E-state index in [0.29, 0.717) is 0 Å². The minimum atomic E-state index is -0.774. The van der Waals surface area contributed by atoms with Crippen molar-refractivity contribution in [2.24, 2.45) is 0 Å². The van der Waals surface area contributed by atoms with Crippen molar-refractivity contribution in [3.05, 3.63) is 95.8 Å². The molecule has 4 heteroatoms. The van der Waals surface area contributed by atoms with E-state index in [-0.39, 0.29) is 5.82 Å². The van der Waals surface area contributed by atoms with Crippen LogP contribution in [0.1, 0.15) is 23.0 Å². The predicted molar refractivity (Wildman–Crippen MR) is 106 cm³/mol. The smallest absolute Gasteiger partial charge is 0.332 e. The third-order valence-electron chi connectivity index (χ3n) is 4.96. The van der Waals surface area contributed by atoms with Crippen LogP contribution in [-0.2, 0) is 20.7 Å². The molecule has 0 aliphatic heterocycles. The first-order valence-electron chi connectivity index (χ1n) is 8.97. The Hall–Kier alpha value is -3.24. The second kappa shape index (κ2) is 7.41. The molecule has 0 radical (unpaired) electrons. The van der Waals surface area contributed by atoms with E-state index in [9.17, 15) is 9.18 Å². The van der Waals surface area contributed by atoms with Crippen LogP contribution in [-0.4, -0.2) is 13.1 Å². The second-order valence-corrected chi connectivity index (χ2v) is 6.68. The average molecular weight is 374 g/mol. The molecule has 1 aliphatic rings. The van der Waals surface area contributed by atoms with Gasteiger partial charge in [0.25, 0.3) is 0 Å². The van der Waals surface area contributed by atoms with Crippen molar-refractivity contribution in [3.63, 3.8) is 0 Å². The number of ether oxygens (including phenoxy) is 2. The summed E-state index contributed by atoms with van der Waals surface area (Å²) in [6.07, 6.45) is 1.07. The maximum absolute atomic E-state index is 13.5. The van der Waals surface area contributed by atoms with E-state index in [1.54, 1.807) is 6.07 Å². The molecule has 0 spiro atoms. The van der Waals surface area contributed by atoms with Crippen molar-refractivity contribution in [3.8, 4) is 22.3 Å². The number of hydrogen-bond acceptors (Lipinski definition) is 3. The highest BCUT2D eigenvalue weighted by molar-refractivity contribution is 5.81. The second-order valence-electron chi connectivity index (χ2n) is 6.68. The zero-order valence-electron chi connectivity index (χ0n) is 15.4. The first kappa shape index (κ1) is 18.1. The lowest BCUT2D eigenvalue weighted by Gasteiger charge is -2.16. The maximum atomic E-state index is 13.5. The molecule has 4 rings (SSSR count). The summed E-state index contributed by atoms with van der Waals surface area (Å²) in [5.41, 5.74) is 7.34. The van der Waals surface area contributed by atoms with E-state index in [4.69, 9.17) is 9.47 Å². The van der Waals surface area contributed by atoms with Crippen LogP contribution in [0.25, 0.3) is 22.3 Å². The van der Waals surface area contributed by atoms with E-state index in [2.05, 4.69) is 24.8 Å². The van der Waals surface area contributed by atoms with Crippen LogP contribution in [0.4, 0.5) is 4.39 Å². The molecule has 1 aliphatic carbocycles. The lowest BCUT2D eigenvalue weighted by Crippen LogP contribution is -2.10. The van der Waals surface area contributed by atoms with E-state index in [0.717, 1.165) is 45.9 Å². The fourth-order valence-electron chi connectivity index (χ4n) is 3.60. The molecule has 0 aromatic heterocycles. The topological polar surface area (TPSA) is 35.5 Å². The van der Waals surface area contributed by atoms with Gasteiger partial charge in [-0.3, -0.25) is 0 Å². The molecular weight excluding hydrogens is 355 g/mol. The van der Waals surface area contributed by atoms with Gasteiger partial charge >= 0.3 is 5.97 Å². The number of benzene rings is 3. The monoisotopic (exact) mass is 374 g/mol. The molecule has 28 heavy (non-hydrogen) atoms. The molecule has 0 bridgehead atoms. The number of hydrogen-bond donors (Lipinski definition) is 0. The van der Waals surface area contributed by atoms with Gasteiger partial charge < -0.3 is 9.47 Å². The molecular formula is C24H19FO3. The fourth-order valence-corrected chi connectivity index (χ4v) is 3.60. The minimum absolute atomic E-state index is 0.202. The van der Waals surface area contributed by atoms with E-state index >= 15 is 0 Å². The van der Waals surface area contributed by atoms with Crippen LogP contribution in [0.15, 0.2) is 73.3 Å². The van der Waals surface area contributed by atoms with Crippen molar-refractivity contribution < 1.29 is 18.7 Å². The van der Waals surface area contributed by atoms with Crippen LogP contribution in [0.3, 0.4) is 0 Å². The number of carbonyl (C=O) groups excluding carboxylic acids is 1. The normalized spacial score (nSPS) is 12.8. The van der Waals surface area contributed by atoms with Gasteiger partial charge in [-0.2, -0.15) is 0 Å². The Balaban J connectivity index is 1.59. The molecule has 0 fully saturated rings. The summed E-state index contributed by atoms with van der Waals surface area (Å²) >= 11 is 0. The van der Waals surface area contributed by atoms with Crippen LogP contribution in [0, 0.1) is 5.82 Å². The van der Waals surface area contributed by atoms with E-state index in [1.807, 2.05) is 30.3 Å². The molecule has 3 aromatic carbocycles. The van der Waals surface area contributed by atoms with Gasteiger partial charge in [-0.15, -0.1) is 0 Å². The largest absolute Gasteiger partial charge is 0.428 e. The Kier molecular flexibility index (Phi) is 4.80. The Labute approximate surface area is 163 Å². The molecule has 1 unspecified atom stereocenters. The number of methoxy groups -OCH3 is 1. The third-order valence-corrected chi connectivity index (χ3v) is 4.96. The first-order valence-corrected chi connectivity index (χ1v) is 8.97. The highest BCUT2D eigenvalue weighted by Crippen LogP contribution is 2.39. The molecule has 0 N–H and O–H groups in total. The van der Waals surface area contributed by atoms with Crippen LogP contribution in [0.2, 0.25) is 0 Å². The molecule has 3 aromatic rings. The minimum Gasteiger partial charge on any atom is -0.428 e. The highest BCUT2D eigenvalue weighted by atomic mass is 19.1. The van der Waals surface area contributed by atoms with Gasteiger partial charge in [0.2, 0.25) is 6.29 Å². The summed E-state index contributed by atoms with van der Waals surface area (Å²) in [5.74, 6) is -0.738. The van der Waals surface area contributed by atoms with Crippen molar-refractivity contribution >= 4 is 5.97 Å². The summed E-state index contributed by atoms with van der Waals surface area (Å²) in [5, 5.41) is 0. The number of esters is 1. The number of halogens is 1. The van der Waals surface area contributed by atoms with Gasteiger partial charge in [0.1, 0.15) is 5.82 Å². The molecule has 0 saturated heterocycles. The SMILES string of the molecule is C=CC(=O)OC(OC)c1ccc(-c2ccc3c(c2)Cc2cc(F)ccc2-3)cc1. The Bertz CT molecular complexity index is 1050. The first-order chi connectivity index (χ1) is 13.6. The van der Waals surface area contributed by atoms with Crippen molar-refractivity contribution in [1.29, 1.82) is 0 Å². The van der Waals surface area contributed by atoms with Crippen molar-refractivity contribution in [2.45, 2.75) is 12.7 Å². The summed E-state index contributed by atoms with van der Waals surface area (Å²) in [6, 6.07) is 18.9. The number of fused-ring (bicyclic) bond motifs is 3. The van der Waals surface area contributed by atoms with Gasteiger partial charge in [-0.05, 0) is 51.9 Å². The lowest BCUT2D eigenvalue weighted by molar-refractivity contribution is -0.169. The summed E-state index contributed by atoms with van der Waals surface area (Å²) in [4.78, 5) is 11.4. The predicted octanol–water partition coefficient (Wildman–Crippen LogP) is 5.44. The van der Waals surface area contributed by atoms with Crippen molar-refractivity contribution in [2.75, 3.05) is 7.11 Å². The Morgan fingerprint density at radius 3 is 2.32 bits per heavy atom. The summed E-state index contributed by atoms with van der Waals surface area (Å²) in [6.45, 7) is 3.39. The molecule has 140 valence electrons. The standard InChI is InChI=1S/C24H19FO3/c1-3-23(26)28-24(27-2)16-6-4-15(5-7-16)17-8-10-21-18(12-17)13-19-14-20(25)9-11-22(19)21/h3-12,14,24H,1,13H2,2H3. The third kappa shape index (κ3) is 3.35. The van der Waals surface area contributed by atoms with Crippen LogP contribution in [0.5, 0.6) is 0 Å². The summed E-state index contributed by atoms with van der Waals surface area (Å²) in [7, 11) is 1.48. The Morgan fingerprint density at radius 1 is 1.00 bits per heavy atom. The van der Waals surface area contributed by atoms with Gasteiger partial charge in [-0.25, -0.2) is 9.18 Å². The fraction of sp³-hybridized carbons (Fsp3) is 0.125. The molecule has 1 atom stereocenters. The molecule has 0 saturated carbocycles. The maximum Gasteiger partial charge on any atom is 0.332 e. The Morgan fingerprint density at radius 2 is 1.64 bits per heavy atom. The van der Waals surface area contributed by atoms with Gasteiger partial charge in [0, 0.05) is 18.7 Å². The zero-order chi connectivity index (χ0) is 19.7. The number of carbonyl (C=O) groups is 1. The van der Waals surface area contributed by atoms with E-state index in [1.165, 1.54) is 18.7 Å². The van der Waals surface area contributed by atoms with Gasteiger partial charge in [0.15, 0.2) is 0 Å². The van der Waals surface area contributed by atoms with Crippen molar-refractivity contribution in [1.82, 2.24) is 0 Å². The zero-order valence-corrected chi connectivity index (χ0v) is 15.4. The lowest BCUT2D eigenvalue weighted by atomic mass is 9.98. The van der Waals surface area contributed by atoms with E-state index < -0.39 is 12.3 Å².